The van der Waals surface area contributed by atoms with Crippen molar-refractivity contribution in [2.24, 2.45) is 0 Å². The Balaban J connectivity index is 1.28. The Morgan fingerprint density at radius 3 is 2.62 bits per heavy atom. The fraction of sp³-hybridized carbons (Fsp3) is 0.167. The number of carbonyl (C=O) groups excluding carboxylic acids is 1. The Bertz CT molecular complexity index is 1190. The van der Waals surface area contributed by atoms with E-state index in [9.17, 15) is 9.90 Å². The molecule has 0 spiro atoms. The lowest BCUT2D eigenvalue weighted by Gasteiger charge is -2.08. The van der Waals surface area contributed by atoms with Crippen LogP contribution in [-0.4, -0.2) is 37.7 Å². The number of carbonyl (C=O) groups is 1. The van der Waals surface area contributed by atoms with E-state index in [0.29, 0.717) is 17.1 Å². The highest BCUT2D eigenvalue weighted by molar-refractivity contribution is 7.98. The van der Waals surface area contributed by atoms with E-state index < -0.39 is 0 Å². The van der Waals surface area contributed by atoms with Gasteiger partial charge in [0.1, 0.15) is 11.5 Å². The summed E-state index contributed by atoms with van der Waals surface area (Å²) < 4.78 is 7.42. The number of aromatic nitrogens is 4. The van der Waals surface area contributed by atoms with Gasteiger partial charge in [0.2, 0.25) is 5.16 Å². The summed E-state index contributed by atoms with van der Waals surface area (Å²) >= 11 is 1.55. The molecule has 8 heteroatoms. The number of Topliss-reactive ketones (excluding diaryl/α,β-unsaturated/α-hetero) is 1. The first-order valence-corrected chi connectivity index (χ1v) is 11.1. The second-order valence-electron chi connectivity index (χ2n) is 7.18. The fourth-order valence-corrected chi connectivity index (χ4v) is 3.95. The molecule has 0 fully saturated rings. The van der Waals surface area contributed by atoms with Crippen molar-refractivity contribution in [3.63, 3.8) is 0 Å². The number of aryl methyl sites for hydroxylation is 1. The molecule has 0 radical (unpaired) electrons. The van der Waals surface area contributed by atoms with Crippen LogP contribution in [0.5, 0.6) is 11.5 Å². The predicted molar refractivity (Wildman–Crippen MR) is 122 cm³/mol. The van der Waals surface area contributed by atoms with E-state index in [1.807, 2.05) is 61.5 Å². The molecule has 0 amide bonds. The molecule has 0 saturated carbocycles. The van der Waals surface area contributed by atoms with E-state index in [1.165, 1.54) is 0 Å². The molecule has 0 aliphatic carbocycles. The zero-order valence-corrected chi connectivity index (χ0v) is 18.3. The van der Waals surface area contributed by atoms with Crippen molar-refractivity contribution in [1.82, 2.24) is 20.2 Å². The molecule has 1 aromatic heterocycles. The van der Waals surface area contributed by atoms with Crippen LogP contribution >= 0.6 is 11.8 Å². The van der Waals surface area contributed by atoms with Crippen LogP contribution in [0.2, 0.25) is 0 Å². The summed E-state index contributed by atoms with van der Waals surface area (Å²) in [6.07, 6.45) is 0.191. The van der Waals surface area contributed by atoms with Crippen molar-refractivity contribution >= 4 is 17.5 Å². The highest BCUT2D eigenvalue weighted by Gasteiger charge is 2.12. The van der Waals surface area contributed by atoms with E-state index >= 15 is 0 Å². The maximum Gasteiger partial charge on any atom is 0.214 e. The molecule has 3 aromatic carbocycles. The van der Waals surface area contributed by atoms with Crippen LogP contribution in [0.1, 0.15) is 27.9 Å². The van der Waals surface area contributed by atoms with Gasteiger partial charge in [-0.2, -0.15) is 4.68 Å². The summed E-state index contributed by atoms with van der Waals surface area (Å²) in [6, 6.07) is 22.5. The van der Waals surface area contributed by atoms with Gasteiger partial charge in [0.15, 0.2) is 5.78 Å². The first kappa shape index (κ1) is 21.6. The lowest BCUT2D eigenvalue weighted by molar-refractivity contribution is 0.0959. The van der Waals surface area contributed by atoms with Crippen molar-refractivity contribution in [1.29, 1.82) is 0 Å². The van der Waals surface area contributed by atoms with Crippen LogP contribution in [0.15, 0.2) is 78.0 Å². The van der Waals surface area contributed by atoms with Crippen LogP contribution in [0.4, 0.5) is 0 Å². The van der Waals surface area contributed by atoms with Crippen molar-refractivity contribution in [3.05, 3.63) is 89.5 Å². The maximum atomic E-state index is 12.3. The molecule has 0 unspecified atom stereocenters. The van der Waals surface area contributed by atoms with Gasteiger partial charge in [0, 0.05) is 12.2 Å². The van der Waals surface area contributed by atoms with Gasteiger partial charge < -0.3 is 9.84 Å². The number of thioether (sulfide) groups is 1. The number of rotatable bonds is 9. The van der Waals surface area contributed by atoms with Crippen LogP contribution in [0.25, 0.3) is 5.69 Å². The molecule has 1 N–H and O–H groups in total. The Labute approximate surface area is 190 Å². The topological polar surface area (TPSA) is 90.1 Å². The minimum absolute atomic E-state index is 0.000695. The number of benzene rings is 3. The second kappa shape index (κ2) is 10.1. The van der Waals surface area contributed by atoms with Gasteiger partial charge in [-0.1, -0.05) is 53.7 Å². The lowest BCUT2D eigenvalue weighted by atomic mass is 10.0. The molecule has 0 bridgehead atoms. The smallest absolute Gasteiger partial charge is 0.214 e. The van der Waals surface area contributed by atoms with Crippen LogP contribution in [0, 0.1) is 6.92 Å². The summed E-state index contributed by atoms with van der Waals surface area (Å²) in [4.78, 5) is 12.3. The number of hydrogen-bond acceptors (Lipinski definition) is 7. The molecule has 32 heavy (non-hydrogen) atoms. The van der Waals surface area contributed by atoms with E-state index in [2.05, 4.69) is 15.5 Å². The number of aromatic hydroxyl groups is 1. The molecule has 0 aliphatic heterocycles. The van der Waals surface area contributed by atoms with Gasteiger partial charge in [0.05, 0.1) is 17.9 Å². The summed E-state index contributed by atoms with van der Waals surface area (Å²) in [7, 11) is 0. The third-order valence-corrected chi connectivity index (χ3v) is 5.77. The number of ketones is 1. The molecule has 4 aromatic rings. The largest absolute Gasteiger partial charge is 0.507 e. The standard InChI is InChI=1S/C24H22N4O3S/c1-17-7-12-22(29)21(15-17)23(30)13-14-31-20-10-8-18(9-11-20)16-32-24-25-26-27-28(24)19-5-3-2-4-6-19/h2-12,15,29H,13-14,16H2,1H3. The Hall–Kier alpha value is -3.65. The van der Waals surface area contributed by atoms with Gasteiger partial charge in [-0.3, -0.25) is 4.79 Å². The number of phenolic OH excluding ortho intramolecular Hbond substituents is 1. The summed E-state index contributed by atoms with van der Waals surface area (Å²) in [5.41, 5.74) is 3.28. The van der Waals surface area contributed by atoms with E-state index in [0.717, 1.165) is 22.0 Å². The minimum Gasteiger partial charge on any atom is -0.507 e. The number of nitrogens with zero attached hydrogens (tertiary/aromatic N) is 4. The molecular weight excluding hydrogens is 424 g/mol. The Kier molecular flexibility index (Phi) is 6.81. The van der Waals surface area contributed by atoms with E-state index in [1.54, 1.807) is 34.6 Å². The number of ether oxygens (including phenoxy) is 1. The van der Waals surface area contributed by atoms with Crippen LogP contribution < -0.4 is 4.74 Å². The van der Waals surface area contributed by atoms with Crippen LogP contribution in [0.3, 0.4) is 0 Å². The molecule has 0 atom stereocenters. The molecule has 4 rings (SSSR count). The third kappa shape index (κ3) is 5.33. The molecule has 7 nitrogen and oxygen atoms in total. The molecule has 1 heterocycles. The highest BCUT2D eigenvalue weighted by Crippen LogP contribution is 2.24. The predicted octanol–water partition coefficient (Wildman–Crippen LogP) is 4.62. The SMILES string of the molecule is Cc1ccc(O)c(C(=O)CCOc2ccc(CSc3nnnn3-c3ccccc3)cc2)c1. The average Bonchev–Trinajstić information content (AvgIpc) is 3.29. The van der Waals surface area contributed by atoms with Gasteiger partial charge in [-0.05, 0) is 59.3 Å². The Morgan fingerprint density at radius 1 is 1.06 bits per heavy atom. The number of para-hydroxylation sites is 1. The van der Waals surface area contributed by atoms with Gasteiger partial charge in [-0.15, -0.1) is 5.10 Å². The van der Waals surface area contributed by atoms with Gasteiger partial charge >= 0.3 is 0 Å². The second-order valence-corrected chi connectivity index (χ2v) is 8.13. The summed E-state index contributed by atoms with van der Waals surface area (Å²) in [5.74, 6) is 1.25. The molecule has 0 saturated heterocycles. The van der Waals surface area contributed by atoms with Gasteiger partial charge in [-0.25, -0.2) is 0 Å². The van der Waals surface area contributed by atoms with Crippen molar-refractivity contribution in [3.8, 4) is 17.2 Å². The maximum absolute atomic E-state index is 12.3. The summed E-state index contributed by atoms with van der Waals surface area (Å²) in [6.45, 7) is 2.13. The number of tetrazole rings is 1. The zero-order valence-electron chi connectivity index (χ0n) is 17.5. The molecule has 0 aliphatic rings. The van der Waals surface area contributed by atoms with Crippen LogP contribution in [-0.2, 0) is 5.75 Å². The average molecular weight is 447 g/mol. The molecular formula is C24H22N4O3S. The monoisotopic (exact) mass is 446 g/mol. The summed E-state index contributed by atoms with van der Waals surface area (Å²) in [5, 5.41) is 22.6. The quantitative estimate of drug-likeness (QED) is 0.296. The third-order valence-electron chi connectivity index (χ3n) is 4.78. The molecule has 162 valence electrons. The van der Waals surface area contributed by atoms with E-state index in [-0.39, 0.29) is 24.6 Å². The number of hydrogen-bond donors (Lipinski definition) is 1. The Morgan fingerprint density at radius 2 is 1.84 bits per heavy atom. The first-order valence-electron chi connectivity index (χ1n) is 10.1. The highest BCUT2D eigenvalue weighted by atomic mass is 32.2. The van der Waals surface area contributed by atoms with Crippen molar-refractivity contribution < 1.29 is 14.6 Å². The fourth-order valence-electron chi connectivity index (χ4n) is 3.10. The first-order chi connectivity index (χ1) is 15.6. The number of phenols is 1. The minimum atomic E-state index is -0.143. The van der Waals surface area contributed by atoms with Gasteiger partial charge in [0.25, 0.3) is 0 Å². The zero-order chi connectivity index (χ0) is 22.3. The van der Waals surface area contributed by atoms with Crippen molar-refractivity contribution in [2.45, 2.75) is 24.3 Å². The normalized spacial score (nSPS) is 10.8. The lowest BCUT2D eigenvalue weighted by Crippen LogP contribution is -2.07. The van der Waals surface area contributed by atoms with Crippen molar-refractivity contribution in [2.75, 3.05) is 6.61 Å². The van der Waals surface area contributed by atoms with E-state index in [4.69, 9.17) is 4.74 Å².